The molecule has 1 amide bonds. The van der Waals surface area contributed by atoms with Crippen LogP contribution in [-0.2, 0) is 17.8 Å². The first-order valence-electron chi connectivity index (χ1n) is 14.1. The number of thiazole rings is 1. The van der Waals surface area contributed by atoms with Gasteiger partial charge in [0, 0.05) is 44.8 Å². The molecule has 4 aromatic heterocycles. The molecule has 1 N–H and O–H groups in total. The van der Waals surface area contributed by atoms with Gasteiger partial charge in [0.25, 0.3) is 0 Å². The SMILES string of the molecule is CN1CCCN(c2ncc3c(=O)c(NC(=O)Cc4nccn4Cc4ccccc4)c4sc5ccccc5n4c3n2)CC1. The number of hydrogen-bond acceptors (Lipinski definition) is 8. The van der Waals surface area contributed by atoms with Crippen LogP contribution in [0.2, 0.25) is 0 Å². The molecule has 0 atom stereocenters. The Hall–Kier alpha value is -4.61. The molecule has 0 bridgehead atoms. The van der Waals surface area contributed by atoms with Gasteiger partial charge in [0.1, 0.15) is 16.3 Å². The van der Waals surface area contributed by atoms with Gasteiger partial charge in [-0.1, -0.05) is 42.5 Å². The van der Waals surface area contributed by atoms with Crippen molar-refractivity contribution in [3.63, 3.8) is 0 Å². The average molecular weight is 579 g/mol. The molecule has 42 heavy (non-hydrogen) atoms. The van der Waals surface area contributed by atoms with Crippen LogP contribution in [0.5, 0.6) is 0 Å². The number of benzene rings is 2. The van der Waals surface area contributed by atoms with Crippen molar-refractivity contribution in [2.24, 2.45) is 0 Å². The first-order chi connectivity index (χ1) is 20.5. The maximum absolute atomic E-state index is 13.9. The Morgan fingerprint density at radius 2 is 1.83 bits per heavy atom. The molecule has 11 heteroatoms. The van der Waals surface area contributed by atoms with Crippen molar-refractivity contribution in [3.05, 3.63) is 94.8 Å². The Morgan fingerprint density at radius 1 is 1.00 bits per heavy atom. The predicted octanol–water partition coefficient (Wildman–Crippen LogP) is 4.03. The van der Waals surface area contributed by atoms with Gasteiger partial charge in [0.2, 0.25) is 17.3 Å². The fraction of sp³-hybridized carbons (Fsp3) is 0.258. The van der Waals surface area contributed by atoms with E-state index in [-0.39, 0.29) is 23.4 Å². The Kier molecular flexibility index (Phi) is 6.88. The normalized spacial score (nSPS) is 14.5. The van der Waals surface area contributed by atoms with Gasteiger partial charge < -0.3 is 19.7 Å². The first-order valence-corrected chi connectivity index (χ1v) is 14.9. The summed E-state index contributed by atoms with van der Waals surface area (Å²) in [6.45, 7) is 4.23. The van der Waals surface area contributed by atoms with E-state index in [1.807, 2.05) is 69.8 Å². The monoisotopic (exact) mass is 578 g/mol. The third kappa shape index (κ3) is 4.90. The minimum Gasteiger partial charge on any atom is -0.339 e. The summed E-state index contributed by atoms with van der Waals surface area (Å²) in [5, 5.41) is 3.31. The number of nitrogens with zero attached hydrogens (tertiary/aromatic N) is 7. The second-order valence-corrected chi connectivity index (χ2v) is 11.7. The van der Waals surface area contributed by atoms with Crippen LogP contribution in [0.3, 0.4) is 0 Å². The number of rotatable bonds is 6. The van der Waals surface area contributed by atoms with E-state index in [1.165, 1.54) is 11.3 Å². The third-order valence-corrected chi connectivity index (χ3v) is 8.90. The zero-order valence-corrected chi connectivity index (χ0v) is 24.0. The largest absolute Gasteiger partial charge is 0.339 e. The van der Waals surface area contributed by atoms with E-state index in [2.05, 4.69) is 32.1 Å². The van der Waals surface area contributed by atoms with Gasteiger partial charge in [-0.3, -0.25) is 14.0 Å². The molecular formula is C31H30N8O2S. The van der Waals surface area contributed by atoms with Crippen molar-refractivity contribution in [1.82, 2.24) is 28.8 Å². The molecule has 1 aliphatic heterocycles. The molecule has 2 aromatic carbocycles. The predicted molar refractivity (Wildman–Crippen MR) is 167 cm³/mol. The molecule has 0 radical (unpaired) electrons. The Balaban J connectivity index is 1.27. The Bertz CT molecular complexity index is 1980. The van der Waals surface area contributed by atoms with Crippen LogP contribution >= 0.6 is 11.3 Å². The summed E-state index contributed by atoms with van der Waals surface area (Å²) in [6, 6.07) is 18.0. The summed E-state index contributed by atoms with van der Waals surface area (Å²) in [5.41, 5.74) is 2.54. The smallest absolute Gasteiger partial charge is 0.232 e. The molecule has 7 rings (SSSR count). The average Bonchev–Trinajstić information content (AvgIpc) is 3.54. The molecule has 6 aromatic rings. The van der Waals surface area contributed by atoms with Crippen molar-refractivity contribution >= 4 is 55.0 Å². The van der Waals surface area contributed by atoms with Gasteiger partial charge in [-0.15, -0.1) is 11.3 Å². The van der Waals surface area contributed by atoms with E-state index in [9.17, 15) is 9.59 Å². The number of amides is 1. The summed E-state index contributed by atoms with van der Waals surface area (Å²) in [7, 11) is 2.12. The van der Waals surface area contributed by atoms with Crippen LogP contribution in [-0.4, -0.2) is 68.0 Å². The van der Waals surface area contributed by atoms with Crippen molar-refractivity contribution in [2.75, 3.05) is 43.4 Å². The number of carbonyl (C=O) groups excluding carboxylic acids is 1. The highest BCUT2D eigenvalue weighted by Crippen LogP contribution is 2.33. The highest BCUT2D eigenvalue weighted by Gasteiger charge is 2.22. The number of likely N-dealkylation sites (N-methyl/N-ethyl adjacent to an activating group) is 1. The lowest BCUT2D eigenvalue weighted by Gasteiger charge is -2.20. The maximum Gasteiger partial charge on any atom is 0.232 e. The van der Waals surface area contributed by atoms with Crippen LogP contribution < -0.4 is 15.6 Å². The molecule has 10 nitrogen and oxygen atoms in total. The van der Waals surface area contributed by atoms with E-state index in [4.69, 9.17) is 4.98 Å². The highest BCUT2D eigenvalue weighted by molar-refractivity contribution is 7.24. The fourth-order valence-electron chi connectivity index (χ4n) is 5.55. The number of anilines is 2. The standard InChI is InChI=1S/C31H30N8O2S/c1-36-13-7-14-37(17-16-36)31-33-19-22-28(41)27(30-39(29(22)35-31)23-10-5-6-11-24(23)42-30)34-26(40)18-25-32-12-15-38(25)20-21-8-3-2-4-9-21/h2-6,8-12,15,19H,7,13-14,16-18,20H2,1H3,(H,34,40). The number of hydrogen-bond donors (Lipinski definition) is 1. The molecule has 1 fully saturated rings. The molecule has 1 aliphatic rings. The molecule has 0 saturated carbocycles. The number of fused-ring (bicyclic) bond motifs is 5. The number of nitrogens with one attached hydrogen (secondary N) is 1. The molecule has 0 aliphatic carbocycles. The van der Waals surface area contributed by atoms with Crippen molar-refractivity contribution < 1.29 is 4.79 Å². The zero-order valence-electron chi connectivity index (χ0n) is 23.2. The second kappa shape index (κ2) is 11.0. The van der Waals surface area contributed by atoms with Gasteiger partial charge in [0.15, 0.2) is 5.65 Å². The molecule has 0 unspecified atom stereocenters. The Morgan fingerprint density at radius 3 is 2.71 bits per heavy atom. The van der Waals surface area contributed by atoms with Gasteiger partial charge in [-0.25, -0.2) is 9.97 Å². The van der Waals surface area contributed by atoms with E-state index in [0.717, 1.165) is 48.4 Å². The summed E-state index contributed by atoms with van der Waals surface area (Å²) in [6.07, 6.45) is 6.21. The Labute approximate surface area is 245 Å². The second-order valence-electron chi connectivity index (χ2n) is 10.6. The van der Waals surface area contributed by atoms with Crippen molar-refractivity contribution in [2.45, 2.75) is 19.4 Å². The molecule has 0 spiro atoms. The summed E-state index contributed by atoms with van der Waals surface area (Å²) in [5.74, 6) is 0.932. The number of aromatic nitrogens is 5. The summed E-state index contributed by atoms with van der Waals surface area (Å²) >= 11 is 1.46. The summed E-state index contributed by atoms with van der Waals surface area (Å²) < 4.78 is 4.93. The van der Waals surface area contributed by atoms with Crippen LogP contribution in [0.1, 0.15) is 17.8 Å². The van der Waals surface area contributed by atoms with Gasteiger partial charge >= 0.3 is 0 Å². The van der Waals surface area contributed by atoms with Gasteiger partial charge in [-0.05, 0) is 37.7 Å². The molecule has 212 valence electrons. The number of imidazole rings is 1. The van der Waals surface area contributed by atoms with Crippen LogP contribution in [0.15, 0.2) is 78.0 Å². The number of carbonyl (C=O) groups is 1. The summed E-state index contributed by atoms with van der Waals surface area (Å²) in [4.78, 5) is 46.4. The van der Waals surface area contributed by atoms with E-state index >= 15 is 0 Å². The highest BCUT2D eigenvalue weighted by atomic mass is 32.1. The van der Waals surface area contributed by atoms with E-state index in [0.29, 0.717) is 34.2 Å². The number of pyridine rings is 1. The molecule has 5 heterocycles. The lowest BCUT2D eigenvalue weighted by Crippen LogP contribution is -2.30. The number of para-hydroxylation sites is 1. The van der Waals surface area contributed by atoms with E-state index < -0.39 is 0 Å². The van der Waals surface area contributed by atoms with Crippen LogP contribution in [0, 0.1) is 0 Å². The lowest BCUT2D eigenvalue weighted by atomic mass is 10.2. The third-order valence-electron chi connectivity index (χ3n) is 7.75. The van der Waals surface area contributed by atoms with Crippen LogP contribution in [0.4, 0.5) is 11.6 Å². The van der Waals surface area contributed by atoms with Gasteiger partial charge in [0.05, 0.1) is 22.0 Å². The van der Waals surface area contributed by atoms with Crippen LogP contribution in [0.25, 0.3) is 26.1 Å². The lowest BCUT2D eigenvalue weighted by molar-refractivity contribution is -0.115. The quantitative estimate of drug-likeness (QED) is 0.319. The fourth-order valence-corrected chi connectivity index (χ4v) is 6.70. The maximum atomic E-state index is 13.9. The van der Waals surface area contributed by atoms with E-state index in [1.54, 1.807) is 12.4 Å². The minimum absolute atomic E-state index is 0.0349. The molecular weight excluding hydrogens is 548 g/mol. The topological polar surface area (TPSA) is 101 Å². The molecule has 1 saturated heterocycles. The zero-order chi connectivity index (χ0) is 28.6. The van der Waals surface area contributed by atoms with Gasteiger partial charge in [-0.2, -0.15) is 4.98 Å². The van der Waals surface area contributed by atoms with Crippen molar-refractivity contribution in [3.8, 4) is 0 Å². The minimum atomic E-state index is -0.308. The first kappa shape index (κ1) is 26.3. The van der Waals surface area contributed by atoms with Crippen molar-refractivity contribution in [1.29, 1.82) is 0 Å².